The van der Waals surface area contributed by atoms with Crippen LogP contribution >= 0.6 is 23.2 Å². The van der Waals surface area contributed by atoms with Gasteiger partial charge in [-0.05, 0) is 18.2 Å². The van der Waals surface area contributed by atoms with Crippen molar-refractivity contribution in [2.45, 2.75) is 0 Å². The molecule has 0 fully saturated rings. The SMILES string of the molecule is CN(CCN)c1nccc(-c2cc(F)c(Cl)cc2Cl)n1. The Balaban J connectivity index is 2.43. The van der Waals surface area contributed by atoms with Crippen LogP contribution in [0.3, 0.4) is 0 Å². The fourth-order valence-electron chi connectivity index (χ4n) is 1.69. The molecular formula is C13H13Cl2FN4. The monoisotopic (exact) mass is 314 g/mol. The molecule has 0 atom stereocenters. The molecule has 0 aliphatic rings. The summed E-state index contributed by atoms with van der Waals surface area (Å²) in [6.45, 7) is 1.10. The van der Waals surface area contributed by atoms with Gasteiger partial charge in [-0.3, -0.25) is 0 Å². The van der Waals surface area contributed by atoms with Gasteiger partial charge in [0.15, 0.2) is 0 Å². The maximum Gasteiger partial charge on any atom is 0.225 e. The first-order chi connectivity index (χ1) is 9.52. The fourth-order valence-corrected chi connectivity index (χ4v) is 2.17. The second kappa shape index (κ2) is 6.35. The molecule has 20 heavy (non-hydrogen) atoms. The summed E-state index contributed by atoms with van der Waals surface area (Å²) in [6.07, 6.45) is 1.59. The number of halogens is 3. The molecule has 2 rings (SSSR count). The van der Waals surface area contributed by atoms with E-state index in [0.29, 0.717) is 35.3 Å². The normalized spacial score (nSPS) is 10.7. The van der Waals surface area contributed by atoms with Crippen LogP contribution in [0.25, 0.3) is 11.3 Å². The van der Waals surface area contributed by atoms with Crippen molar-refractivity contribution in [1.82, 2.24) is 9.97 Å². The zero-order chi connectivity index (χ0) is 14.7. The first-order valence-electron chi connectivity index (χ1n) is 5.92. The molecule has 0 aliphatic heterocycles. The number of anilines is 1. The van der Waals surface area contributed by atoms with E-state index in [1.165, 1.54) is 12.1 Å². The van der Waals surface area contributed by atoms with Crippen LogP contribution in [0.15, 0.2) is 24.4 Å². The average molecular weight is 315 g/mol. The van der Waals surface area contributed by atoms with Gasteiger partial charge in [-0.15, -0.1) is 0 Å². The largest absolute Gasteiger partial charge is 0.343 e. The van der Waals surface area contributed by atoms with E-state index in [1.807, 2.05) is 11.9 Å². The molecule has 4 nitrogen and oxygen atoms in total. The third kappa shape index (κ3) is 3.17. The third-order valence-electron chi connectivity index (χ3n) is 2.73. The lowest BCUT2D eigenvalue weighted by Gasteiger charge is -2.16. The average Bonchev–Trinajstić information content (AvgIpc) is 2.43. The molecule has 7 heteroatoms. The Hall–Kier alpha value is -1.43. The van der Waals surface area contributed by atoms with E-state index in [-0.39, 0.29) is 5.02 Å². The summed E-state index contributed by atoms with van der Waals surface area (Å²) in [4.78, 5) is 10.3. The van der Waals surface area contributed by atoms with Crippen LogP contribution in [-0.2, 0) is 0 Å². The predicted octanol–water partition coefficient (Wildman–Crippen LogP) is 2.98. The highest BCUT2D eigenvalue weighted by atomic mass is 35.5. The summed E-state index contributed by atoms with van der Waals surface area (Å²) in [5, 5.41) is 0.316. The number of nitrogens with two attached hydrogens (primary N) is 1. The van der Waals surface area contributed by atoms with Gasteiger partial charge in [-0.25, -0.2) is 14.4 Å². The number of nitrogens with zero attached hydrogens (tertiary/aromatic N) is 3. The lowest BCUT2D eigenvalue weighted by Crippen LogP contribution is -2.26. The van der Waals surface area contributed by atoms with E-state index in [2.05, 4.69) is 9.97 Å². The van der Waals surface area contributed by atoms with Crippen molar-refractivity contribution in [1.29, 1.82) is 0 Å². The summed E-state index contributed by atoms with van der Waals surface area (Å²) in [7, 11) is 1.83. The number of benzene rings is 1. The highest BCUT2D eigenvalue weighted by molar-refractivity contribution is 6.36. The molecule has 1 aromatic carbocycles. The Bertz CT molecular complexity index is 621. The van der Waals surface area contributed by atoms with Gasteiger partial charge in [0.25, 0.3) is 0 Å². The molecular weight excluding hydrogens is 302 g/mol. The van der Waals surface area contributed by atoms with Gasteiger partial charge >= 0.3 is 0 Å². The highest BCUT2D eigenvalue weighted by Gasteiger charge is 2.12. The topological polar surface area (TPSA) is 55.0 Å². The summed E-state index contributed by atoms with van der Waals surface area (Å²) in [5.74, 6) is -0.0408. The zero-order valence-corrected chi connectivity index (χ0v) is 12.3. The van der Waals surface area contributed by atoms with Crippen molar-refractivity contribution < 1.29 is 4.39 Å². The van der Waals surface area contributed by atoms with E-state index in [1.54, 1.807) is 12.3 Å². The van der Waals surface area contributed by atoms with E-state index in [0.717, 1.165) is 0 Å². The van der Waals surface area contributed by atoms with Gasteiger partial charge < -0.3 is 10.6 Å². The molecule has 2 aromatic rings. The first kappa shape index (κ1) is 15.0. The molecule has 2 N–H and O–H groups in total. The Morgan fingerprint density at radius 1 is 1.30 bits per heavy atom. The van der Waals surface area contributed by atoms with Crippen LogP contribution < -0.4 is 10.6 Å². The Kier molecular flexibility index (Phi) is 4.75. The molecule has 1 heterocycles. The molecule has 1 aromatic heterocycles. The second-order valence-electron chi connectivity index (χ2n) is 4.20. The van der Waals surface area contributed by atoms with Gasteiger partial charge in [0, 0.05) is 31.9 Å². The Morgan fingerprint density at radius 3 is 2.75 bits per heavy atom. The molecule has 106 valence electrons. The van der Waals surface area contributed by atoms with Crippen molar-refractivity contribution >= 4 is 29.2 Å². The van der Waals surface area contributed by atoms with Crippen molar-refractivity contribution in [3.63, 3.8) is 0 Å². The quantitative estimate of drug-likeness (QED) is 0.881. The van der Waals surface area contributed by atoms with Crippen LogP contribution in [0.1, 0.15) is 0 Å². The summed E-state index contributed by atoms with van der Waals surface area (Å²) >= 11 is 11.8. The molecule has 0 spiro atoms. The standard InChI is InChI=1S/C13H13Cl2FN4/c1-20(5-3-17)13-18-4-2-12(19-13)8-6-11(16)10(15)7-9(8)14/h2,4,6-7H,3,5,17H2,1H3. The molecule has 0 saturated carbocycles. The maximum atomic E-state index is 13.6. The van der Waals surface area contributed by atoms with E-state index >= 15 is 0 Å². The third-order valence-corrected chi connectivity index (χ3v) is 3.34. The van der Waals surface area contributed by atoms with Crippen molar-refractivity contribution in [3.05, 3.63) is 40.3 Å². The lowest BCUT2D eigenvalue weighted by molar-refractivity contribution is 0.628. The minimum absolute atomic E-state index is 0.0201. The number of hydrogen-bond donors (Lipinski definition) is 1. The van der Waals surface area contributed by atoms with Gasteiger partial charge in [-0.1, -0.05) is 23.2 Å². The smallest absolute Gasteiger partial charge is 0.225 e. The van der Waals surface area contributed by atoms with Gasteiger partial charge in [0.1, 0.15) is 5.82 Å². The second-order valence-corrected chi connectivity index (χ2v) is 5.01. The minimum atomic E-state index is -0.540. The summed E-state index contributed by atoms with van der Waals surface area (Å²) in [5.41, 5.74) is 6.49. The molecule has 0 bridgehead atoms. The van der Waals surface area contributed by atoms with Crippen LogP contribution in [0.2, 0.25) is 10.0 Å². The maximum absolute atomic E-state index is 13.6. The van der Waals surface area contributed by atoms with Gasteiger partial charge in [-0.2, -0.15) is 0 Å². The number of likely N-dealkylation sites (N-methyl/N-ethyl adjacent to an activating group) is 1. The fraction of sp³-hybridized carbons (Fsp3) is 0.231. The van der Waals surface area contributed by atoms with Crippen molar-refractivity contribution in [3.8, 4) is 11.3 Å². The van der Waals surface area contributed by atoms with E-state index in [4.69, 9.17) is 28.9 Å². The lowest BCUT2D eigenvalue weighted by atomic mass is 10.1. The Morgan fingerprint density at radius 2 is 2.05 bits per heavy atom. The molecule has 0 saturated heterocycles. The summed E-state index contributed by atoms with van der Waals surface area (Å²) in [6, 6.07) is 4.28. The molecule has 0 aliphatic carbocycles. The van der Waals surface area contributed by atoms with Crippen molar-refractivity contribution in [2.24, 2.45) is 5.73 Å². The van der Waals surface area contributed by atoms with Gasteiger partial charge in [0.05, 0.1) is 15.7 Å². The molecule has 0 radical (unpaired) electrons. The van der Waals surface area contributed by atoms with Crippen molar-refractivity contribution in [2.75, 3.05) is 25.0 Å². The number of rotatable bonds is 4. The van der Waals surface area contributed by atoms with E-state index < -0.39 is 5.82 Å². The molecule has 0 amide bonds. The van der Waals surface area contributed by atoms with Crippen LogP contribution in [0.4, 0.5) is 10.3 Å². The van der Waals surface area contributed by atoms with E-state index in [9.17, 15) is 4.39 Å². The molecule has 0 unspecified atom stereocenters. The Labute approximate surface area is 126 Å². The van der Waals surface area contributed by atoms with Crippen LogP contribution in [0.5, 0.6) is 0 Å². The summed E-state index contributed by atoms with van der Waals surface area (Å²) < 4.78 is 13.6. The van der Waals surface area contributed by atoms with Gasteiger partial charge in [0.2, 0.25) is 5.95 Å². The first-order valence-corrected chi connectivity index (χ1v) is 6.67. The minimum Gasteiger partial charge on any atom is -0.343 e. The number of aromatic nitrogens is 2. The number of hydrogen-bond acceptors (Lipinski definition) is 4. The zero-order valence-electron chi connectivity index (χ0n) is 10.8. The highest BCUT2D eigenvalue weighted by Crippen LogP contribution is 2.31. The van der Waals surface area contributed by atoms with Crippen LogP contribution in [0, 0.1) is 5.82 Å². The predicted molar refractivity (Wildman–Crippen MR) is 79.8 cm³/mol. The van der Waals surface area contributed by atoms with Crippen LogP contribution in [-0.4, -0.2) is 30.1 Å².